The Morgan fingerprint density at radius 3 is 2.27 bits per heavy atom. The molecule has 0 spiro atoms. The van der Waals surface area contributed by atoms with Gasteiger partial charge < -0.3 is 19.1 Å². The van der Waals surface area contributed by atoms with Gasteiger partial charge in [-0.25, -0.2) is 0 Å². The molecular weight excluding hydrogens is 448 g/mol. The lowest BCUT2D eigenvalue weighted by Gasteiger charge is -2.18. The highest BCUT2D eigenvalue weighted by Gasteiger charge is 2.17. The SMILES string of the molecule is COc1ccc(CCN(C)C(=O)c2ccc(Oc3ccc(Cl)cc3[N+](=O)[O-])cc2)cc1OC. The van der Waals surface area contributed by atoms with Crippen molar-refractivity contribution in [3.63, 3.8) is 0 Å². The van der Waals surface area contributed by atoms with Crippen LogP contribution in [0.3, 0.4) is 0 Å². The third-order valence-corrected chi connectivity index (χ3v) is 5.21. The third kappa shape index (κ3) is 5.93. The maximum atomic E-state index is 12.8. The van der Waals surface area contributed by atoms with Gasteiger partial charge in [-0.1, -0.05) is 17.7 Å². The Hall–Kier alpha value is -3.78. The first-order valence-electron chi connectivity index (χ1n) is 10.0. The summed E-state index contributed by atoms with van der Waals surface area (Å²) in [6, 6.07) is 16.2. The van der Waals surface area contributed by atoms with Crippen LogP contribution in [0.15, 0.2) is 60.7 Å². The number of benzene rings is 3. The average Bonchev–Trinajstić information content (AvgIpc) is 2.83. The van der Waals surface area contributed by atoms with Crippen molar-refractivity contribution in [3.8, 4) is 23.0 Å². The van der Waals surface area contributed by atoms with E-state index in [-0.39, 0.29) is 22.4 Å². The molecule has 3 aromatic carbocycles. The molecule has 0 saturated carbocycles. The minimum absolute atomic E-state index is 0.0653. The number of rotatable bonds is 9. The third-order valence-electron chi connectivity index (χ3n) is 4.98. The maximum Gasteiger partial charge on any atom is 0.313 e. The molecule has 9 heteroatoms. The summed E-state index contributed by atoms with van der Waals surface area (Å²) < 4.78 is 16.2. The highest BCUT2D eigenvalue weighted by Crippen LogP contribution is 2.33. The Balaban J connectivity index is 1.64. The molecule has 0 unspecified atom stereocenters. The number of nitrogens with zero attached hydrogens (tertiary/aromatic N) is 2. The molecule has 33 heavy (non-hydrogen) atoms. The molecule has 172 valence electrons. The molecule has 0 N–H and O–H groups in total. The van der Waals surface area contributed by atoms with Crippen molar-refractivity contribution in [2.24, 2.45) is 0 Å². The lowest BCUT2D eigenvalue weighted by molar-refractivity contribution is -0.385. The molecule has 0 radical (unpaired) electrons. The van der Waals surface area contributed by atoms with Crippen LogP contribution in [0.4, 0.5) is 5.69 Å². The molecule has 0 aliphatic rings. The second-order valence-electron chi connectivity index (χ2n) is 7.16. The van der Waals surface area contributed by atoms with Crippen LogP contribution in [0.1, 0.15) is 15.9 Å². The number of carbonyl (C=O) groups excluding carboxylic acids is 1. The zero-order valence-electron chi connectivity index (χ0n) is 18.4. The smallest absolute Gasteiger partial charge is 0.313 e. The molecule has 1 amide bonds. The van der Waals surface area contributed by atoms with Gasteiger partial charge in [-0.2, -0.15) is 0 Å². The van der Waals surface area contributed by atoms with Gasteiger partial charge in [-0.3, -0.25) is 14.9 Å². The van der Waals surface area contributed by atoms with Crippen LogP contribution in [0, 0.1) is 10.1 Å². The molecule has 0 heterocycles. The molecule has 3 aromatic rings. The molecule has 0 aromatic heterocycles. The predicted octanol–water partition coefficient (Wildman–Crippen LogP) is 5.37. The largest absolute Gasteiger partial charge is 0.493 e. The van der Waals surface area contributed by atoms with Gasteiger partial charge >= 0.3 is 5.69 Å². The highest BCUT2D eigenvalue weighted by atomic mass is 35.5. The van der Waals surface area contributed by atoms with Gasteiger partial charge in [0.05, 0.1) is 19.1 Å². The van der Waals surface area contributed by atoms with Crippen LogP contribution in [0.2, 0.25) is 5.02 Å². The normalized spacial score (nSPS) is 10.4. The Morgan fingerprint density at radius 1 is 0.970 bits per heavy atom. The summed E-state index contributed by atoms with van der Waals surface area (Å²) in [5, 5.41) is 11.5. The first kappa shape index (κ1) is 23.9. The van der Waals surface area contributed by atoms with E-state index in [0.29, 0.717) is 35.8 Å². The Kier molecular flexibility index (Phi) is 7.74. The van der Waals surface area contributed by atoms with Crippen molar-refractivity contribution in [2.75, 3.05) is 27.8 Å². The maximum absolute atomic E-state index is 12.8. The summed E-state index contributed by atoms with van der Waals surface area (Å²) in [5.41, 5.74) is 1.25. The van der Waals surface area contributed by atoms with E-state index in [1.54, 1.807) is 50.4 Å². The summed E-state index contributed by atoms with van der Waals surface area (Å²) in [5.74, 6) is 1.57. The molecule has 8 nitrogen and oxygen atoms in total. The van der Waals surface area contributed by atoms with Crippen molar-refractivity contribution < 1.29 is 23.9 Å². The number of methoxy groups -OCH3 is 2. The topological polar surface area (TPSA) is 91.1 Å². The van der Waals surface area contributed by atoms with Gasteiger partial charge in [0.2, 0.25) is 5.75 Å². The number of likely N-dealkylation sites (N-methyl/N-ethyl adjacent to an activating group) is 1. The molecular formula is C24H23ClN2O6. The summed E-state index contributed by atoms with van der Waals surface area (Å²) in [6.45, 7) is 0.504. The molecule has 0 saturated heterocycles. The van der Waals surface area contributed by atoms with Gasteiger partial charge in [-0.15, -0.1) is 0 Å². The van der Waals surface area contributed by atoms with Crippen LogP contribution in [-0.2, 0) is 6.42 Å². The van der Waals surface area contributed by atoms with Crippen LogP contribution in [0.5, 0.6) is 23.0 Å². The quantitative estimate of drug-likeness (QED) is 0.308. The van der Waals surface area contributed by atoms with Crippen molar-refractivity contribution in [2.45, 2.75) is 6.42 Å². The van der Waals surface area contributed by atoms with Crippen molar-refractivity contribution >= 4 is 23.2 Å². The first-order chi connectivity index (χ1) is 15.8. The number of nitro benzene ring substituents is 1. The summed E-state index contributed by atoms with van der Waals surface area (Å²) in [4.78, 5) is 25.1. The fourth-order valence-electron chi connectivity index (χ4n) is 3.17. The molecule has 0 aliphatic carbocycles. The lowest BCUT2D eigenvalue weighted by Crippen LogP contribution is -2.28. The Labute approximate surface area is 196 Å². The van der Waals surface area contributed by atoms with Crippen molar-refractivity contribution in [1.82, 2.24) is 4.90 Å². The first-order valence-corrected chi connectivity index (χ1v) is 10.4. The molecule has 0 fully saturated rings. The number of hydrogen-bond donors (Lipinski definition) is 0. The van der Waals surface area contributed by atoms with E-state index < -0.39 is 4.92 Å². The van der Waals surface area contributed by atoms with Crippen LogP contribution < -0.4 is 14.2 Å². The fraction of sp³-hybridized carbons (Fsp3) is 0.208. The number of halogens is 1. The van der Waals surface area contributed by atoms with Crippen LogP contribution in [-0.4, -0.2) is 43.5 Å². The van der Waals surface area contributed by atoms with E-state index in [1.807, 2.05) is 18.2 Å². The average molecular weight is 471 g/mol. The van der Waals surface area contributed by atoms with Crippen molar-refractivity contribution in [1.29, 1.82) is 0 Å². The van der Waals surface area contributed by atoms with Crippen molar-refractivity contribution in [3.05, 3.63) is 86.9 Å². The fourth-order valence-corrected chi connectivity index (χ4v) is 3.33. The number of hydrogen-bond acceptors (Lipinski definition) is 6. The lowest BCUT2D eigenvalue weighted by atomic mass is 10.1. The zero-order chi connectivity index (χ0) is 24.0. The highest BCUT2D eigenvalue weighted by molar-refractivity contribution is 6.30. The Bertz CT molecular complexity index is 1150. The second-order valence-corrected chi connectivity index (χ2v) is 7.60. The number of ether oxygens (including phenoxy) is 3. The summed E-state index contributed by atoms with van der Waals surface area (Å²) in [6.07, 6.45) is 0.643. The van der Waals surface area contributed by atoms with E-state index in [2.05, 4.69) is 0 Å². The minimum atomic E-state index is -0.563. The van der Waals surface area contributed by atoms with E-state index in [9.17, 15) is 14.9 Å². The monoisotopic (exact) mass is 470 g/mol. The van der Waals surface area contributed by atoms with Gasteiger partial charge in [0.25, 0.3) is 5.91 Å². The van der Waals surface area contributed by atoms with E-state index in [1.165, 1.54) is 18.2 Å². The number of amides is 1. The molecule has 0 atom stereocenters. The summed E-state index contributed by atoms with van der Waals surface area (Å²) >= 11 is 5.83. The summed E-state index contributed by atoms with van der Waals surface area (Å²) in [7, 11) is 4.89. The van der Waals surface area contributed by atoms with Gasteiger partial charge in [0, 0.05) is 30.2 Å². The minimum Gasteiger partial charge on any atom is -0.493 e. The van der Waals surface area contributed by atoms with Gasteiger partial charge in [0.15, 0.2) is 11.5 Å². The van der Waals surface area contributed by atoms with Crippen LogP contribution in [0.25, 0.3) is 0 Å². The zero-order valence-corrected chi connectivity index (χ0v) is 19.2. The standard InChI is InChI=1S/C24H23ClN2O6/c1-26(13-12-16-4-10-22(31-2)23(14-16)32-3)24(28)17-5-8-19(9-6-17)33-21-11-7-18(25)15-20(21)27(29)30/h4-11,14-15H,12-13H2,1-3H3. The Morgan fingerprint density at radius 2 is 1.64 bits per heavy atom. The van der Waals surface area contributed by atoms with Gasteiger partial charge in [-0.05, 0) is 60.5 Å². The van der Waals surface area contributed by atoms with E-state index >= 15 is 0 Å². The number of carbonyl (C=O) groups is 1. The van der Waals surface area contributed by atoms with E-state index in [0.717, 1.165) is 5.56 Å². The molecule has 0 bridgehead atoms. The molecule has 3 rings (SSSR count). The van der Waals surface area contributed by atoms with Crippen LogP contribution >= 0.6 is 11.6 Å². The van der Waals surface area contributed by atoms with Gasteiger partial charge in [0.1, 0.15) is 5.75 Å². The molecule has 0 aliphatic heterocycles. The van der Waals surface area contributed by atoms with E-state index in [4.69, 9.17) is 25.8 Å². The predicted molar refractivity (Wildman–Crippen MR) is 125 cm³/mol. The second kappa shape index (κ2) is 10.7. The number of nitro groups is 1.